The van der Waals surface area contributed by atoms with Crippen LogP contribution in [0, 0.1) is 10.4 Å². The lowest BCUT2D eigenvalue weighted by molar-refractivity contribution is -0.606. The largest absolute Gasteiger partial charge is 0.618 e. The maximum atomic E-state index is 11.3. The smallest absolute Gasteiger partial charge is 0.234 e. The number of rotatable bonds is 5. The van der Waals surface area contributed by atoms with Gasteiger partial charge in [-0.15, -0.1) is 0 Å². The molecule has 6 heteroatoms. The summed E-state index contributed by atoms with van der Waals surface area (Å²) in [5.41, 5.74) is 0.967. The zero-order valence-electron chi connectivity index (χ0n) is 10.8. The van der Waals surface area contributed by atoms with Crippen molar-refractivity contribution in [2.24, 2.45) is 9.98 Å². The minimum Gasteiger partial charge on any atom is -0.618 e. The number of hydrogen-bond donors (Lipinski definition) is 0. The first-order valence-electron chi connectivity index (χ1n) is 6.13. The van der Waals surface area contributed by atoms with E-state index in [1.807, 2.05) is 0 Å². The van der Waals surface area contributed by atoms with Crippen molar-refractivity contribution in [1.82, 2.24) is 0 Å². The Kier molecular flexibility index (Phi) is 4.77. The molecule has 20 heavy (non-hydrogen) atoms. The Morgan fingerprint density at radius 3 is 1.65 bits per heavy atom. The van der Waals surface area contributed by atoms with Gasteiger partial charge in [0.05, 0.1) is 25.5 Å². The third kappa shape index (κ3) is 3.88. The van der Waals surface area contributed by atoms with E-state index in [0.717, 1.165) is 9.46 Å². The molecule has 2 rings (SSSR count). The highest BCUT2D eigenvalue weighted by Gasteiger charge is 1.98. The van der Waals surface area contributed by atoms with Crippen LogP contribution < -0.4 is 9.46 Å². The Hall–Kier alpha value is -2.76. The van der Waals surface area contributed by atoms with Crippen LogP contribution in [0.3, 0.4) is 0 Å². The summed E-state index contributed by atoms with van der Waals surface area (Å²) >= 11 is 0. The van der Waals surface area contributed by atoms with Gasteiger partial charge in [0.1, 0.15) is 0 Å². The lowest BCUT2D eigenvalue weighted by atomic mass is 10.4. The van der Waals surface area contributed by atoms with E-state index in [-0.39, 0.29) is 0 Å². The van der Waals surface area contributed by atoms with E-state index >= 15 is 0 Å². The highest BCUT2D eigenvalue weighted by molar-refractivity contribution is 5.75. The summed E-state index contributed by atoms with van der Waals surface area (Å²) in [6, 6.07) is 10.2. The fraction of sp³-hybridized carbons (Fsp3) is 0.143. The molecule has 6 nitrogen and oxygen atoms in total. The summed E-state index contributed by atoms with van der Waals surface area (Å²) < 4.78 is 1.49. The Bertz CT molecular complexity index is 571. The van der Waals surface area contributed by atoms with Crippen LogP contribution in [0.15, 0.2) is 58.8 Å². The van der Waals surface area contributed by atoms with Crippen LogP contribution in [0.1, 0.15) is 11.4 Å². The lowest BCUT2D eigenvalue weighted by Crippen LogP contribution is -2.30. The molecule has 0 amide bonds. The van der Waals surface area contributed by atoms with E-state index in [9.17, 15) is 10.4 Å². The van der Waals surface area contributed by atoms with Crippen molar-refractivity contribution in [1.29, 1.82) is 0 Å². The molecule has 0 atom stereocenters. The van der Waals surface area contributed by atoms with Crippen LogP contribution in [-0.4, -0.2) is 25.5 Å². The third-order valence-corrected chi connectivity index (χ3v) is 2.51. The Balaban J connectivity index is 1.82. The van der Waals surface area contributed by atoms with Gasteiger partial charge in [0, 0.05) is 24.3 Å². The molecule has 0 N–H and O–H groups in total. The summed E-state index contributed by atoms with van der Waals surface area (Å²) in [7, 11) is 0. The maximum absolute atomic E-state index is 11.3. The van der Waals surface area contributed by atoms with Gasteiger partial charge >= 0.3 is 0 Å². The monoisotopic (exact) mass is 270 g/mol. The van der Waals surface area contributed by atoms with Gasteiger partial charge in [-0.1, -0.05) is 0 Å². The molecule has 0 spiro atoms. The first-order valence-corrected chi connectivity index (χ1v) is 6.13. The van der Waals surface area contributed by atoms with Crippen LogP contribution in [0.5, 0.6) is 0 Å². The van der Waals surface area contributed by atoms with Crippen molar-refractivity contribution < 1.29 is 9.46 Å². The minimum absolute atomic E-state index is 0.455. The molecule has 2 aromatic heterocycles. The van der Waals surface area contributed by atoms with Gasteiger partial charge in [-0.25, -0.2) is 0 Å². The summed E-state index contributed by atoms with van der Waals surface area (Å²) in [6.07, 6.45) is 5.86. The molecule has 0 saturated heterocycles. The summed E-state index contributed by atoms with van der Waals surface area (Å²) in [5.74, 6) is 0. The zero-order chi connectivity index (χ0) is 14.2. The molecule has 0 aliphatic heterocycles. The molecule has 0 aromatic carbocycles. The van der Waals surface area contributed by atoms with Crippen molar-refractivity contribution in [2.45, 2.75) is 0 Å². The third-order valence-electron chi connectivity index (χ3n) is 2.51. The Morgan fingerprint density at radius 2 is 1.25 bits per heavy atom. The second-order valence-electron chi connectivity index (χ2n) is 3.97. The van der Waals surface area contributed by atoms with Crippen molar-refractivity contribution in [2.75, 3.05) is 13.1 Å². The van der Waals surface area contributed by atoms with E-state index in [0.29, 0.717) is 24.5 Å². The molecule has 0 aliphatic carbocycles. The van der Waals surface area contributed by atoms with Crippen LogP contribution in [-0.2, 0) is 0 Å². The predicted molar refractivity (Wildman–Crippen MR) is 75.7 cm³/mol. The van der Waals surface area contributed by atoms with Gasteiger partial charge in [-0.3, -0.25) is 9.98 Å². The van der Waals surface area contributed by atoms with E-state index in [1.54, 1.807) is 36.4 Å². The Labute approximate surface area is 116 Å². The van der Waals surface area contributed by atoms with Crippen LogP contribution in [0.2, 0.25) is 0 Å². The van der Waals surface area contributed by atoms with E-state index in [2.05, 4.69) is 9.98 Å². The fourth-order valence-electron chi connectivity index (χ4n) is 1.51. The van der Waals surface area contributed by atoms with E-state index in [1.165, 1.54) is 24.8 Å². The molecule has 0 radical (unpaired) electrons. The Morgan fingerprint density at radius 1 is 0.800 bits per heavy atom. The molecule has 0 aliphatic rings. The molecule has 2 heterocycles. The quantitative estimate of drug-likeness (QED) is 0.343. The van der Waals surface area contributed by atoms with Crippen molar-refractivity contribution >= 4 is 12.4 Å². The van der Waals surface area contributed by atoms with Crippen LogP contribution in [0.4, 0.5) is 0 Å². The fourth-order valence-corrected chi connectivity index (χ4v) is 1.51. The topological polar surface area (TPSA) is 78.6 Å². The SMILES string of the molecule is [O-][n+]1ccccc1C=NCCN=Cc1cccc[n+]1[O-]. The molecular weight excluding hydrogens is 256 g/mol. The summed E-state index contributed by atoms with van der Waals surface area (Å²) in [4.78, 5) is 8.22. The maximum Gasteiger partial charge on any atom is 0.234 e. The number of aromatic nitrogens is 2. The molecule has 0 fully saturated rings. The average Bonchev–Trinajstić information content (AvgIpc) is 2.46. The highest BCUT2D eigenvalue weighted by Crippen LogP contribution is 1.88. The van der Waals surface area contributed by atoms with E-state index < -0.39 is 0 Å². The highest BCUT2D eigenvalue weighted by atomic mass is 16.5. The van der Waals surface area contributed by atoms with Gasteiger partial charge in [-0.05, 0) is 12.1 Å². The number of hydrogen-bond acceptors (Lipinski definition) is 4. The van der Waals surface area contributed by atoms with Gasteiger partial charge in [-0.2, -0.15) is 9.46 Å². The standard InChI is InChI=1S/C14H14N4O2/c19-17-9-3-1-5-13(17)11-15-7-8-16-12-14-6-2-4-10-18(14)20/h1-6,9-12H,7-8H2. The van der Waals surface area contributed by atoms with Gasteiger partial charge in [0.2, 0.25) is 11.4 Å². The number of aliphatic imine (C=N–C) groups is 2. The molecular formula is C14H14N4O2. The van der Waals surface area contributed by atoms with E-state index in [4.69, 9.17) is 0 Å². The lowest BCUT2D eigenvalue weighted by Gasteiger charge is -1.98. The molecule has 102 valence electrons. The molecule has 0 unspecified atom stereocenters. The predicted octanol–water partition coefficient (Wildman–Crippen LogP) is 0.491. The molecule has 0 saturated carbocycles. The van der Waals surface area contributed by atoms with Crippen molar-refractivity contribution in [3.8, 4) is 0 Å². The van der Waals surface area contributed by atoms with Crippen molar-refractivity contribution in [3.63, 3.8) is 0 Å². The average molecular weight is 270 g/mol. The second-order valence-corrected chi connectivity index (χ2v) is 3.97. The minimum atomic E-state index is 0.455. The zero-order valence-corrected chi connectivity index (χ0v) is 10.8. The normalized spacial score (nSPS) is 11.4. The van der Waals surface area contributed by atoms with Crippen LogP contribution >= 0.6 is 0 Å². The summed E-state index contributed by atoms with van der Waals surface area (Å²) in [5, 5.41) is 22.6. The van der Waals surface area contributed by atoms with Gasteiger partial charge in [0.25, 0.3) is 0 Å². The van der Waals surface area contributed by atoms with Crippen LogP contribution in [0.25, 0.3) is 0 Å². The number of nitrogens with zero attached hydrogens (tertiary/aromatic N) is 4. The number of pyridine rings is 2. The first kappa shape index (κ1) is 13.7. The second kappa shape index (κ2) is 6.98. The van der Waals surface area contributed by atoms with Gasteiger partial charge in [0.15, 0.2) is 12.4 Å². The van der Waals surface area contributed by atoms with Gasteiger partial charge < -0.3 is 10.4 Å². The first-order chi connectivity index (χ1) is 9.77. The summed E-state index contributed by atoms with van der Waals surface area (Å²) in [6.45, 7) is 0.911. The molecule has 0 bridgehead atoms. The van der Waals surface area contributed by atoms with Crippen molar-refractivity contribution in [3.05, 3.63) is 70.6 Å². The molecule has 2 aromatic rings.